The lowest BCUT2D eigenvalue weighted by molar-refractivity contribution is -0.127. The Bertz CT molecular complexity index is 559. The van der Waals surface area contributed by atoms with Crippen molar-refractivity contribution in [3.63, 3.8) is 0 Å². The van der Waals surface area contributed by atoms with Gasteiger partial charge in [0.05, 0.1) is 18.8 Å². The average Bonchev–Trinajstić information content (AvgIpc) is 3.12. The molecule has 3 rings (SSSR count). The van der Waals surface area contributed by atoms with E-state index in [-0.39, 0.29) is 36.3 Å². The molecular weight excluding hydrogens is 373 g/mol. The normalized spacial score (nSPS) is 23.0. The third kappa shape index (κ3) is 5.57. The third-order valence-corrected chi connectivity index (χ3v) is 5.34. The van der Waals surface area contributed by atoms with Crippen LogP contribution in [0.15, 0.2) is 24.3 Å². The van der Waals surface area contributed by atoms with Gasteiger partial charge in [0, 0.05) is 26.2 Å². The lowest BCUT2D eigenvalue weighted by Gasteiger charge is -2.28. The zero-order chi connectivity index (χ0) is 16.8. The molecule has 0 saturated carbocycles. The van der Waals surface area contributed by atoms with Gasteiger partial charge < -0.3 is 15.4 Å². The minimum atomic E-state index is -0.362. The summed E-state index contributed by atoms with van der Waals surface area (Å²) in [7, 11) is 0. The van der Waals surface area contributed by atoms with E-state index in [0.29, 0.717) is 6.54 Å². The maximum absolute atomic E-state index is 12.7. The average molecular weight is 404 g/mol. The van der Waals surface area contributed by atoms with Gasteiger partial charge in [-0.25, -0.2) is 0 Å². The maximum Gasteiger partial charge on any atom is 0.240 e. The van der Waals surface area contributed by atoms with E-state index >= 15 is 0 Å². The molecule has 1 unspecified atom stereocenters. The van der Waals surface area contributed by atoms with Gasteiger partial charge in [-0.15, -0.1) is 24.8 Å². The number of benzene rings is 1. The summed E-state index contributed by atoms with van der Waals surface area (Å²) in [6.07, 6.45) is 2.86. The van der Waals surface area contributed by atoms with Gasteiger partial charge in [0.15, 0.2) is 0 Å². The molecule has 1 amide bonds. The maximum atomic E-state index is 12.7. The number of amides is 1. The van der Waals surface area contributed by atoms with Crippen LogP contribution in [-0.2, 0) is 22.6 Å². The van der Waals surface area contributed by atoms with E-state index in [1.165, 1.54) is 11.1 Å². The van der Waals surface area contributed by atoms with Crippen molar-refractivity contribution in [2.75, 3.05) is 32.8 Å². The molecule has 148 valence electrons. The summed E-state index contributed by atoms with van der Waals surface area (Å²) in [5, 5.41) is 6.57. The summed E-state index contributed by atoms with van der Waals surface area (Å²) < 4.78 is 5.42. The highest BCUT2D eigenvalue weighted by atomic mass is 35.5. The van der Waals surface area contributed by atoms with Gasteiger partial charge in [0.2, 0.25) is 5.91 Å². The smallest absolute Gasteiger partial charge is 0.240 e. The van der Waals surface area contributed by atoms with Gasteiger partial charge in [0.25, 0.3) is 0 Å². The van der Waals surface area contributed by atoms with Crippen molar-refractivity contribution in [2.45, 2.75) is 44.8 Å². The van der Waals surface area contributed by atoms with Crippen LogP contribution in [0.4, 0.5) is 0 Å². The van der Waals surface area contributed by atoms with Crippen molar-refractivity contribution in [1.82, 2.24) is 15.5 Å². The summed E-state index contributed by atoms with van der Waals surface area (Å²) in [5.74, 6) is 0.142. The Labute approximate surface area is 169 Å². The van der Waals surface area contributed by atoms with Crippen LogP contribution >= 0.6 is 24.8 Å². The van der Waals surface area contributed by atoms with Gasteiger partial charge in [-0.2, -0.15) is 0 Å². The van der Waals surface area contributed by atoms with Gasteiger partial charge in [-0.1, -0.05) is 31.2 Å². The topological polar surface area (TPSA) is 53.6 Å². The fourth-order valence-electron chi connectivity index (χ4n) is 3.69. The highest BCUT2D eigenvalue weighted by Gasteiger charge is 2.38. The highest BCUT2D eigenvalue weighted by molar-refractivity contribution is 5.86. The molecule has 2 heterocycles. The number of halogens is 2. The van der Waals surface area contributed by atoms with Crippen LogP contribution in [0, 0.1) is 0 Å². The van der Waals surface area contributed by atoms with Crippen LogP contribution < -0.4 is 10.6 Å². The molecule has 2 aliphatic heterocycles. The Kier molecular flexibility index (Phi) is 9.90. The molecule has 2 saturated heterocycles. The standard InChI is InChI=1S/C19H29N3O2.2ClH/c1-2-19(8-5-9-21-19)18(23)20-14-16-6-3-4-7-17(16)15-22-10-12-24-13-11-22;;/h3-4,6-7,21H,2,5,8-15H2,1H3,(H,20,23);2*1H. The second kappa shape index (κ2) is 11.1. The van der Waals surface area contributed by atoms with Crippen LogP contribution in [-0.4, -0.2) is 49.2 Å². The Hall–Kier alpha value is -0.850. The predicted octanol–water partition coefficient (Wildman–Crippen LogP) is 2.51. The molecule has 0 aromatic heterocycles. The zero-order valence-corrected chi connectivity index (χ0v) is 17.1. The van der Waals surface area contributed by atoms with Gasteiger partial charge in [-0.3, -0.25) is 9.69 Å². The molecular formula is C19H31Cl2N3O2. The van der Waals surface area contributed by atoms with Gasteiger partial charge in [0.1, 0.15) is 0 Å². The van der Waals surface area contributed by atoms with E-state index < -0.39 is 0 Å². The Morgan fingerprint density at radius 3 is 2.54 bits per heavy atom. The summed E-state index contributed by atoms with van der Waals surface area (Å²) in [6.45, 7) is 8.12. The molecule has 0 radical (unpaired) electrons. The van der Waals surface area contributed by atoms with Crippen molar-refractivity contribution in [1.29, 1.82) is 0 Å². The van der Waals surface area contributed by atoms with E-state index in [0.717, 1.165) is 58.7 Å². The van der Waals surface area contributed by atoms with Crippen molar-refractivity contribution >= 4 is 30.7 Å². The number of rotatable bonds is 6. The molecule has 26 heavy (non-hydrogen) atoms. The first kappa shape index (κ1) is 23.2. The lowest BCUT2D eigenvalue weighted by Crippen LogP contribution is -2.52. The Morgan fingerprint density at radius 1 is 1.23 bits per heavy atom. The third-order valence-electron chi connectivity index (χ3n) is 5.34. The summed E-state index contributed by atoms with van der Waals surface area (Å²) in [5.41, 5.74) is 2.14. The van der Waals surface area contributed by atoms with E-state index in [2.05, 4.69) is 40.7 Å². The van der Waals surface area contributed by atoms with Crippen molar-refractivity contribution in [3.05, 3.63) is 35.4 Å². The van der Waals surface area contributed by atoms with Crippen LogP contribution in [0.2, 0.25) is 0 Å². The summed E-state index contributed by atoms with van der Waals surface area (Å²) >= 11 is 0. The van der Waals surface area contributed by atoms with E-state index in [1.807, 2.05) is 6.07 Å². The number of hydrogen-bond donors (Lipinski definition) is 2. The quantitative estimate of drug-likeness (QED) is 0.765. The second-order valence-electron chi connectivity index (χ2n) is 6.81. The predicted molar refractivity (Wildman–Crippen MR) is 109 cm³/mol. The first-order chi connectivity index (χ1) is 11.7. The van der Waals surface area contributed by atoms with Crippen molar-refractivity contribution in [2.24, 2.45) is 0 Å². The van der Waals surface area contributed by atoms with E-state index in [9.17, 15) is 4.79 Å². The SMILES string of the molecule is CCC1(C(=O)NCc2ccccc2CN2CCOCC2)CCCN1.Cl.Cl. The molecule has 7 heteroatoms. The molecule has 2 fully saturated rings. The molecule has 1 aromatic carbocycles. The Balaban J connectivity index is 0.00000169. The zero-order valence-electron chi connectivity index (χ0n) is 15.5. The number of nitrogens with one attached hydrogen (secondary N) is 2. The van der Waals surface area contributed by atoms with Crippen LogP contribution in [0.5, 0.6) is 0 Å². The molecule has 1 atom stereocenters. The van der Waals surface area contributed by atoms with Crippen molar-refractivity contribution < 1.29 is 9.53 Å². The molecule has 2 aliphatic rings. The van der Waals surface area contributed by atoms with Crippen molar-refractivity contribution in [3.8, 4) is 0 Å². The van der Waals surface area contributed by atoms with Gasteiger partial charge in [-0.05, 0) is 36.9 Å². The number of nitrogens with zero attached hydrogens (tertiary/aromatic N) is 1. The number of morpholine rings is 1. The lowest BCUT2D eigenvalue weighted by atomic mass is 9.93. The fraction of sp³-hybridized carbons (Fsp3) is 0.632. The molecule has 5 nitrogen and oxygen atoms in total. The van der Waals surface area contributed by atoms with E-state index in [4.69, 9.17) is 4.74 Å². The number of carbonyl (C=O) groups is 1. The number of hydrogen-bond acceptors (Lipinski definition) is 4. The molecule has 0 spiro atoms. The molecule has 0 bridgehead atoms. The van der Waals surface area contributed by atoms with E-state index in [1.54, 1.807) is 0 Å². The minimum Gasteiger partial charge on any atom is -0.379 e. The van der Waals surface area contributed by atoms with Crippen LogP contribution in [0.1, 0.15) is 37.3 Å². The minimum absolute atomic E-state index is 0. The first-order valence-corrected chi connectivity index (χ1v) is 9.14. The van der Waals surface area contributed by atoms with Crippen LogP contribution in [0.25, 0.3) is 0 Å². The second-order valence-corrected chi connectivity index (χ2v) is 6.81. The number of ether oxygens (including phenoxy) is 1. The van der Waals surface area contributed by atoms with Gasteiger partial charge >= 0.3 is 0 Å². The monoisotopic (exact) mass is 403 g/mol. The van der Waals surface area contributed by atoms with Crippen LogP contribution in [0.3, 0.4) is 0 Å². The summed E-state index contributed by atoms with van der Waals surface area (Å²) in [6, 6.07) is 8.41. The Morgan fingerprint density at radius 2 is 1.92 bits per heavy atom. The largest absolute Gasteiger partial charge is 0.379 e. The molecule has 1 aromatic rings. The number of carbonyl (C=O) groups excluding carboxylic acids is 1. The highest BCUT2D eigenvalue weighted by Crippen LogP contribution is 2.23. The molecule has 0 aliphatic carbocycles. The summed E-state index contributed by atoms with van der Waals surface area (Å²) in [4.78, 5) is 15.1. The first-order valence-electron chi connectivity index (χ1n) is 9.14. The molecule has 2 N–H and O–H groups in total. The fourth-order valence-corrected chi connectivity index (χ4v) is 3.69.